The van der Waals surface area contributed by atoms with Crippen LogP contribution in [0.15, 0.2) is 18.2 Å². The third-order valence-electron chi connectivity index (χ3n) is 1.64. The quantitative estimate of drug-likeness (QED) is 0.682. The van der Waals surface area contributed by atoms with Gasteiger partial charge in [-0.2, -0.15) is 0 Å². The van der Waals surface area contributed by atoms with E-state index in [2.05, 4.69) is 0 Å². The average molecular weight is 201 g/mol. The zero-order chi connectivity index (χ0) is 10.0. The highest BCUT2D eigenvalue weighted by atomic mass is 35.5. The van der Waals surface area contributed by atoms with Crippen LogP contribution in [0.3, 0.4) is 0 Å². The minimum absolute atomic E-state index is 0.384. The van der Waals surface area contributed by atoms with Crippen LogP contribution in [0.4, 0.5) is 16.2 Å². The Morgan fingerprint density at radius 2 is 2.23 bits per heavy atom. The lowest BCUT2D eigenvalue weighted by Gasteiger charge is -2.15. The number of rotatable bonds is 1. The second kappa shape index (κ2) is 3.53. The number of nitrogens with two attached hydrogens (primary N) is 1. The largest absolute Gasteiger partial charge is 0.465 e. The van der Waals surface area contributed by atoms with Gasteiger partial charge in [0.25, 0.3) is 0 Å². The molecule has 0 atom stereocenters. The molecular formula is C8H9ClN2O2. The van der Waals surface area contributed by atoms with Crippen LogP contribution in [0.2, 0.25) is 5.02 Å². The summed E-state index contributed by atoms with van der Waals surface area (Å²) in [5, 5.41) is 9.13. The monoisotopic (exact) mass is 200 g/mol. The molecule has 13 heavy (non-hydrogen) atoms. The molecule has 0 aromatic heterocycles. The first kappa shape index (κ1) is 9.67. The zero-order valence-corrected chi connectivity index (χ0v) is 7.75. The Hall–Kier alpha value is -1.42. The summed E-state index contributed by atoms with van der Waals surface area (Å²) in [5.41, 5.74) is 6.34. The predicted octanol–water partition coefficient (Wildman–Crippen LogP) is 2.04. The Morgan fingerprint density at radius 3 is 2.77 bits per heavy atom. The maximum atomic E-state index is 10.6. The number of anilines is 2. The average Bonchev–Trinajstić information content (AvgIpc) is 2.08. The number of benzene rings is 1. The first-order valence-corrected chi connectivity index (χ1v) is 3.92. The van der Waals surface area contributed by atoms with E-state index in [1.165, 1.54) is 13.1 Å². The molecule has 0 saturated heterocycles. The van der Waals surface area contributed by atoms with Gasteiger partial charge in [-0.15, -0.1) is 0 Å². The van der Waals surface area contributed by atoms with Crippen molar-refractivity contribution in [3.8, 4) is 0 Å². The van der Waals surface area contributed by atoms with Crippen molar-refractivity contribution >= 4 is 29.1 Å². The lowest BCUT2D eigenvalue weighted by atomic mass is 10.2. The van der Waals surface area contributed by atoms with Crippen molar-refractivity contribution in [3.05, 3.63) is 23.2 Å². The Labute approximate surface area is 80.5 Å². The predicted molar refractivity (Wildman–Crippen MR) is 52.3 cm³/mol. The summed E-state index contributed by atoms with van der Waals surface area (Å²) in [6.45, 7) is 0. The van der Waals surface area contributed by atoms with E-state index in [1.807, 2.05) is 0 Å². The Morgan fingerprint density at radius 1 is 1.62 bits per heavy atom. The molecule has 0 aliphatic heterocycles. The summed E-state index contributed by atoms with van der Waals surface area (Å²) in [6, 6.07) is 4.68. The molecule has 0 heterocycles. The van der Waals surface area contributed by atoms with Crippen molar-refractivity contribution in [2.45, 2.75) is 0 Å². The molecule has 0 bridgehead atoms. The molecule has 5 heteroatoms. The number of nitrogen functional groups attached to an aromatic ring is 1. The number of hydrogen-bond donors (Lipinski definition) is 2. The van der Waals surface area contributed by atoms with Gasteiger partial charge >= 0.3 is 6.09 Å². The number of nitrogens with zero attached hydrogens (tertiary/aromatic N) is 1. The lowest BCUT2D eigenvalue weighted by Crippen LogP contribution is -2.24. The molecule has 0 aliphatic rings. The van der Waals surface area contributed by atoms with Crippen LogP contribution in [0.25, 0.3) is 0 Å². The third kappa shape index (κ3) is 2.03. The van der Waals surface area contributed by atoms with Gasteiger partial charge in [0.1, 0.15) is 0 Å². The first-order chi connectivity index (χ1) is 6.02. The van der Waals surface area contributed by atoms with Crippen LogP contribution in [0.5, 0.6) is 0 Å². The maximum absolute atomic E-state index is 10.6. The highest BCUT2D eigenvalue weighted by Gasteiger charge is 2.11. The summed E-state index contributed by atoms with van der Waals surface area (Å²) in [5.74, 6) is 0. The van der Waals surface area contributed by atoms with E-state index >= 15 is 0 Å². The first-order valence-electron chi connectivity index (χ1n) is 3.54. The fourth-order valence-electron chi connectivity index (χ4n) is 0.910. The maximum Gasteiger partial charge on any atom is 0.411 e. The van der Waals surface area contributed by atoms with Crippen molar-refractivity contribution in [1.29, 1.82) is 0 Å². The highest BCUT2D eigenvalue weighted by molar-refractivity contribution is 6.31. The smallest absolute Gasteiger partial charge is 0.411 e. The molecule has 0 fully saturated rings. The van der Waals surface area contributed by atoms with Crippen LogP contribution < -0.4 is 10.6 Å². The van der Waals surface area contributed by atoms with Gasteiger partial charge in [0, 0.05) is 12.1 Å². The van der Waals surface area contributed by atoms with E-state index in [0.29, 0.717) is 16.4 Å². The van der Waals surface area contributed by atoms with E-state index in [1.54, 1.807) is 12.1 Å². The molecule has 70 valence electrons. The number of hydrogen-bond acceptors (Lipinski definition) is 2. The van der Waals surface area contributed by atoms with Crippen molar-refractivity contribution in [2.75, 3.05) is 17.7 Å². The third-order valence-corrected chi connectivity index (χ3v) is 1.88. The molecule has 1 aromatic carbocycles. The van der Waals surface area contributed by atoms with Crippen LogP contribution in [-0.4, -0.2) is 18.2 Å². The van der Waals surface area contributed by atoms with Gasteiger partial charge in [0.05, 0.1) is 11.4 Å². The summed E-state index contributed by atoms with van der Waals surface area (Å²) in [6.07, 6.45) is -1.08. The molecule has 0 radical (unpaired) electrons. The molecule has 4 nitrogen and oxygen atoms in total. The van der Waals surface area contributed by atoms with E-state index < -0.39 is 6.09 Å². The van der Waals surface area contributed by atoms with Crippen LogP contribution in [-0.2, 0) is 0 Å². The summed E-state index contributed by atoms with van der Waals surface area (Å²) >= 11 is 5.69. The van der Waals surface area contributed by atoms with Crippen LogP contribution in [0, 0.1) is 0 Å². The van der Waals surface area contributed by atoms with Gasteiger partial charge in [-0.1, -0.05) is 11.6 Å². The van der Waals surface area contributed by atoms with Gasteiger partial charge in [-0.05, 0) is 18.2 Å². The van der Waals surface area contributed by atoms with E-state index in [-0.39, 0.29) is 0 Å². The molecule has 1 aromatic rings. The number of carboxylic acid groups (broad SMARTS) is 1. The number of halogens is 1. The zero-order valence-electron chi connectivity index (χ0n) is 6.99. The Bertz CT molecular complexity index is 341. The van der Waals surface area contributed by atoms with Crippen molar-refractivity contribution < 1.29 is 9.90 Å². The standard InChI is InChI=1S/C8H9ClN2O2/c1-11(8(12)13)7-4-5(9)2-3-6(7)10/h2-4H,10H2,1H3,(H,12,13). The van der Waals surface area contributed by atoms with Gasteiger partial charge in [0.15, 0.2) is 0 Å². The molecule has 0 unspecified atom stereocenters. The molecule has 3 N–H and O–H groups in total. The molecule has 0 spiro atoms. The Kier molecular flexibility index (Phi) is 2.63. The van der Waals surface area contributed by atoms with Crippen LogP contribution in [0.1, 0.15) is 0 Å². The second-order valence-electron chi connectivity index (χ2n) is 2.54. The van der Waals surface area contributed by atoms with Gasteiger partial charge in [-0.25, -0.2) is 4.79 Å². The highest BCUT2D eigenvalue weighted by Crippen LogP contribution is 2.25. The fraction of sp³-hybridized carbons (Fsp3) is 0.125. The van der Waals surface area contributed by atoms with Gasteiger partial charge in [0.2, 0.25) is 0 Å². The van der Waals surface area contributed by atoms with Crippen LogP contribution >= 0.6 is 11.6 Å². The minimum Gasteiger partial charge on any atom is -0.465 e. The SMILES string of the molecule is CN(C(=O)O)c1cc(Cl)ccc1N. The van der Waals surface area contributed by atoms with Gasteiger partial charge < -0.3 is 10.8 Å². The minimum atomic E-state index is -1.08. The summed E-state index contributed by atoms with van der Waals surface area (Å²) < 4.78 is 0. The summed E-state index contributed by atoms with van der Waals surface area (Å²) in [7, 11) is 1.41. The van der Waals surface area contributed by atoms with Crippen molar-refractivity contribution in [3.63, 3.8) is 0 Å². The van der Waals surface area contributed by atoms with Crippen molar-refractivity contribution in [1.82, 2.24) is 0 Å². The van der Waals surface area contributed by atoms with E-state index in [0.717, 1.165) is 4.90 Å². The molecule has 1 rings (SSSR count). The number of amides is 1. The topological polar surface area (TPSA) is 66.6 Å². The Balaban J connectivity index is 3.12. The fourth-order valence-corrected chi connectivity index (χ4v) is 1.08. The molecule has 0 saturated carbocycles. The second-order valence-corrected chi connectivity index (χ2v) is 2.98. The number of carbonyl (C=O) groups is 1. The molecule has 1 amide bonds. The van der Waals surface area contributed by atoms with Crippen molar-refractivity contribution in [2.24, 2.45) is 0 Å². The lowest BCUT2D eigenvalue weighted by molar-refractivity contribution is 0.203. The molecular weight excluding hydrogens is 192 g/mol. The summed E-state index contributed by atoms with van der Waals surface area (Å²) in [4.78, 5) is 11.6. The van der Waals surface area contributed by atoms with E-state index in [9.17, 15) is 4.79 Å². The normalized spacial score (nSPS) is 9.69. The van der Waals surface area contributed by atoms with E-state index in [4.69, 9.17) is 22.4 Å². The molecule has 0 aliphatic carbocycles. The van der Waals surface area contributed by atoms with Gasteiger partial charge in [-0.3, -0.25) is 4.90 Å².